The van der Waals surface area contributed by atoms with Crippen molar-refractivity contribution in [3.05, 3.63) is 29.6 Å². The van der Waals surface area contributed by atoms with Crippen molar-refractivity contribution in [1.82, 2.24) is 0 Å². The molecule has 1 aromatic carbocycles. The number of benzene rings is 1. The van der Waals surface area contributed by atoms with E-state index in [1.54, 1.807) is 12.1 Å². The van der Waals surface area contributed by atoms with Crippen molar-refractivity contribution in [2.45, 2.75) is 26.8 Å². The van der Waals surface area contributed by atoms with Crippen molar-refractivity contribution in [2.24, 2.45) is 11.1 Å². The van der Waals surface area contributed by atoms with Crippen LogP contribution in [0, 0.1) is 11.2 Å². The summed E-state index contributed by atoms with van der Waals surface area (Å²) in [7, 11) is 0. The SMILES string of the molecule is CC(C)(C)COc1ccc(C(N)CS)cc1F. The molecule has 0 amide bonds. The average Bonchev–Trinajstić information content (AvgIpc) is 2.25. The summed E-state index contributed by atoms with van der Waals surface area (Å²) in [4.78, 5) is 0. The molecule has 1 unspecified atom stereocenters. The van der Waals surface area contributed by atoms with Gasteiger partial charge in [0.25, 0.3) is 0 Å². The minimum Gasteiger partial charge on any atom is -0.490 e. The van der Waals surface area contributed by atoms with Crippen LogP contribution in [0.5, 0.6) is 5.75 Å². The van der Waals surface area contributed by atoms with E-state index in [4.69, 9.17) is 10.5 Å². The molecule has 1 rings (SSSR count). The summed E-state index contributed by atoms with van der Waals surface area (Å²) in [6, 6.07) is 4.57. The van der Waals surface area contributed by atoms with E-state index in [1.165, 1.54) is 6.07 Å². The lowest BCUT2D eigenvalue weighted by molar-refractivity contribution is 0.191. The van der Waals surface area contributed by atoms with Crippen molar-refractivity contribution in [3.63, 3.8) is 0 Å². The van der Waals surface area contributed by atoms with Gasteiger partial charge >= 0.3 is 0 Å². The van der Waals surface area contributed by atoms with Gasteiger partial charge in [-0.1, -0.05) is 26.8 Å². The number of nitrogens with two attached hydrogens (primary N) is 1. The molecule has 0 fully saturated rings. The molecule has 96 valence electrons. The van der Waals surface area contributed by atoms with Gasteiger partial charge in [0.2, 0.25) is 0 Å². The number of hydrogen-bond acceptors (Lipinski definition) is 3. The highest BCUT2D eigenvalue weighted by Crippen LogP contribution is 2.24. The Bertz CT molecular complexity index is 376. The Labute approximate surface area is 108 Å². The minimum absolute atomic E-state index is 0.00656. The zero-order valence-corrected chi connectivity index (χ0v) is 11.4. The van der Waals surface area contributed by atoms with Gasteiger partial charge < -0.3 is 10.5 Å². The molecule has 0 heterocycles. The quantitative estimate of drug-likeness (QED) is 0.813. The van der Waals surface area contributed by atoms with E-state index in [9.17, 15) is 4.39 Å². The fourth-order valence-corrected chi connectivity index (χ4v) is 1.48. The normalized spacial score (nSPS) is 13.5. The molecular weight excluding hydrogens is 237 g/mol. The van der Waals surface area contributed by atoms with Crippen molar-refractivity contribution in [3.8, 4) is 5.75 Å². The Hall–Kier alpha value is -0.740. The Kier molecular flexibility index (Phi) is 4.83. The fraction of sp³-hybridized carbons (Fsp3) is 0.538. The summed E-state index contributed by atoms with van der Waals surface area (Å²) in [5.74, 6) is 0.390. The zero-order valence-electron chi connectivity index (χ0n) is 10.5. The maximum Gasteiger partial charge on any atom is 0.165 e. The van der Waals surface area contributed by atoms with Crippen molar-refractivity contribution < 1.29 is 9.13 Å². The fourth-order valence-electron chi connectivity index (χ4n) is 1.26. The molecule has 0 aliphatic rings. The van der Waals surface area contributed by atoms with Crippen LogP contribution >= 0.6 is 12.6 Å². The highest BCUT2D eigenvalue weighted by molar-refractivity contribution is 7.80. The van der Waals surface area contributed by atoms with E-state index in [0.717, 1.165) is 5.56 Å². The van der Waals surface area contributed by atoms with Gasteiger partial charge in [0.1, 0.15) is 0 Å². The number of ether oxygens (including phenoxy) is 1. The van der Waals surface area contributed by atoms with E-state index in [2.05, 4.69) is 12.6 Å². The standard InChI is InChI=1S/C13H20FNOS/c1-13(2,3)8-16-12-5-4-9(6-10(12)14)11(15)7-17/h4-6,11,17H,7-8,15H2,1-3H3. The molecule has 0 aliphatic heterocycles. The third-order valence-corrected chi connectivity index (χ3v) is 2.63. The van der Waals surface area contributed by atoms with E-state index < -0.39 is 0 Å². The molecule has 0 saturated carbocycles. The minimum atomic E-state index is -0.371. The van der Waals surface area contributed by atoms with Gasteiger partial charge in [-0.2, -0.15) is 12.6 Å². The summed E-state index contributed by atoms with van der Waals surface area (Å²) >= 11 is 4.09. The number of halogens is 1. The lowest BCUT2D eigenvalue weighted by Crippen LogP contribution is -2.17. The lowest BCUT2D eigenvalue weighted by atomic mass is 9.99. The van der Waals surface area contributed by atoms with E-state index in [1.807, 2.05) is 20.8 Å². The molecule has 1 aromatic rings. The highest BCUT2D eigenvalue weighted by Gasteiger charge is 2.14. The Morgan fingerprint density at radius 1 is 1.41 bits per heavy atom. The predicted octanol–water partition coefficient (Wildman–Crippen LogP) is 3.18. The van der Waals surface area contributed by atoms with Crippen LogP contribution in [0.15, 0.2) is 18.2 Å². The predicted molar refractivity (Wildman–Crippen MR) is 72.1 cm³/mol. The third-order valence-electron chi connectivity index (χ3n) is 2.24. The van der Waals surface area contributed by atoms with Crippen LogP contribution in [0.4, 0.5) is 4.39 Å². The first-order chi connectivity index (χ1) is 7.83. The van der Waals surface area contributed by atoms with Crippen LogP contribution in [-0.4, -0.2) is 12.4 Å². The zero-order chi connectivity index (χ0) is 13.1. The molecule has 0 bridgehead atoms. The molecule has 1 atom stereocenters. The average molecular weight is 257 g/mol. The molecule has 17 heavy (non-hydrogen) atoms. The van der Waals surface area contributed by atoms with Crippen molar-refractivity contribution in [1.29, 1.82) is 0 Å². The molecular formula is C13H20FNOS. The Morgan fingerprint density at radius 2 is 2.06 bits per heavy atom. The van der Waals surface area contributed by atoms with Gasteiger partial charge in [0.05, 0.1) is 6.61 Å². The first kappa shape index (κ1) is 14.3. The van der Waals surface area contributed by atoms with E-state index in [0.29, 0.717) is 12.4 Å². The van der Waals surface area contributed by atoms with Crippen molar-refractivity contribution >= 4 is 12.6 Å². The molecule has 2 N–H and O–H groups in total. The molecule has 0 aromatic heterocycles. The number of rotatable bonds is 4. The third kappa shape index (κ3) is 4.56. The topological polar surface area (TPSA) is 35.2 Å². The van der Waals surface area contributed by atoms with Gasteiger partial charge in [-0.25, -0.2) is 4.39 Å². The highest BCUT2D eigenvalue weighted by atomic mass is 32.1. The van der Waals surface area contributed by atoms with Crippen LogP contribution in [0.25, 0.3) is 0 Å². The van der Waals surface area contributed by atoms with Gasteiger partial charge in [-0.05, 0) is 23.1 Å². The Morgan fingerprint density at radius 3 is 2.53 bits per heavy atom. The maximum atomic E-state index is 13.7. The van der Waals surface area contributed by atoms with Crippen LogP contribution in [0.2, 0.25) is 0 Å². The summed E-state index contributed by atoms with van der Waals surface area (Å²) in [5, 5.41) is 0. The van der Waals surface area contributed by atoms with Gasteiger partial charge in [-0.15, -0.1) is 0 Å². The van der Waals surface area contributed by atoms with E-state index >= 15 is 0 Å². The number of thiol groups is 1. The van der Waals surface area contributed by atoms with Crippen LogP contribution in [0.1, 0.15) is 32.4 Å². The van der Waals surface area contributed by atoms with E-state index in [-0.39, 0.29) is 23.0 Å². The summed E-state index contributed by atoms with van der Waals surface area (Å²) in [5.41, 5.74) is 6.52. The molecule has 0 aliphatic carbocycles. The largest absolute Gasteiger partial charge is 0.490 e. The van der Waals surface area contributed by atoms with Crippen LogP contribution in [-0.2, 0) is 0 Å². The molecule has 0 saturated heterocycles. The molecule has 2 nitrogen and oxygen atoms in total. The summed E-state index contributed by atoms with van der Waals surface area (Å²) in [6.45, 7) is 6.59. The van der Waals surface area contributed by atoms with Gasteiger partial charge in [0, 0.05) is 11.8 Å². The first-order valence-corrected chi connectivity index (χ1v) is 6.25. The monoisotopic (exact) mass is 257 g/mol. The first-order valence-electron chi connectivity index (χ1n) is 5.62. The number of hydrogen-bond donors (Lipinski definition) is 2. The smallest absolute Gasteiger partial charge is 0.165 e. The van der Waals surface area contributed by atoms with Crippen molar-refractivity contribution in [2.75, 3.05) is 12.4 Å². The maximum absolute atomic E-state index is 13.7. The second-order valence-corrected chi connectivity index (χ2v) is 5.69. The molecule has 0 spiro atoms. The second kappa shape index (κ2) is 5.74. The molecule has 4 heteroatoms. The Balaban J connectivity index is 2.76. The summed E-state index contributed by atoms with van der Waals surface area (Å²) in [6.07, 6.45) is 0. The van der Waals surface area contributed by atoms with Gasteiger partial charge in [0.15, 0.2) is 11.6 Å². The lowest BCUT2D eigenvalue weighted by Gasteiger charge is -2.19. The van der Waals surface area contributed by atoms with Crippen LogP contribution in [0.3, 0.4) is 0 Å². The second-order valence-electron chi connectivity index (χ2n) is 5.33. The van der Waals surface area contributed by atoms with Crippen LogP contribution < -0.4 is 10.5 Å². The molecule has 0 radical (unpaired) electrons. The van der Waals surface area contributed by atoms with Gasteiger partial charge in [-0.3, -0.25) is 0 Å². The summed E-state index contributed by atoms with van der Waals surface area (Å²) < 4.78 is 19.2.